The van der Waals surface area contributed by atoms with Gasteiger partial charge in [0.15, 0.2) is 0 Å². The Kier molecular flexibility index (Phi) is 4.46. The highest BCUT2D eigenvalue weighted by molar-refractivity contribution is 7.98. The van der Waals surface area contributed by atoms with Crippen LogP contribution in [0.1, 0.15) is 19.8 Å². The van der Waals surface area contributed by atoms with E-state index in [9.17, 15) is 4.79 Å². The van der Waals surface area contributed by atoms with Crippen LogP contribution >= 0.6 is 11.8 Å². The molecule has 0 unspecified atom stereocenters. The van der Waals surface area contributed by atoms with Crippen molar-refractivity contribution in [2.45, 2.75) is 24.8 Å². The normalized spacial score (nSPS) is 9.86. The van der Waals surface area contributed by atoms with Crippen molar-refractivity contribution in [3.63, 3.8) is 0 Å². The molecule has 14 heavy (non-hydrogen) atoms. The van der Waals surface area contributed by atoms with Crippen molar-refractivity contribution in [3.8, 4) is 0 Å². The first-order chi connectivity index (χ1) is 6.76. The summed E-state index contributed by atoms with van der Waals surface area (Å²) in [6.07, 6.45) is 5.07. The molecule has 1 aromatic rings. The summed E-state index contributed by atoms with van der Waals surface area (Å²) >= 11 is 1.58. The van der Waals surface area contributed by atoms with E-state index < -0.39 is 0 Å². The van der Waals surface area contributed by atoms with Gasteiger partial charge in [-0.1, -0.05) is 6.92 Å². The summed E-state index contributed by atoms with van der Waals surface area (Å²) in [4.78, 5) is 15.4. The highest BCUT2D eigenvalue weighted by atomic mass is 32.2. The van der Waals surface area contributed by atoms with Gasteiger partial charge in [-0.3, -0.25) is 4.79 Å². The highest BCUT2D eigenvalue weighted by Gasteiger charge is 2.00. The minimum absolute atomic E-state index is 0.0474. The lowest BCUT2D eigenvalue weighted by atomic mass is 10.3. The molecule has 0 fully saturated rings. The maximum atomic E-state index is 11.2. The molecule has 4 heteroatoms. The van der Waals surface area contributed by atoms with Gasteiger partial charge < -0.3 is 5.32 Å². The third-order valence-corrected chi connectivity index (χ3v) is 2.37. The molecular formula is C10H14N2OS. The van der Waals surface area contributed by atoms with Gasteiger partial charge in [-0.05, 0) is 24.8 Å². The molecule has 0 atom stereocenters. The number of pyridine rings is 1. The molecule has 76 valence electrons. The minimum Gasteiger partial charge on any atom is -0.325 e. The maximum absolute atomic E-state index is 11.2. The Morgan fingerprint density at radius 3 is 2.86 bits per heavy atom. The van der Waals surface area contributed by atoms with E-state index in [0.717, 1.165) is 17.1 Å². The van der Waals surface area contributed by atoms with E-state index in [-0.39, 0.29) is 5.91 Å². The predicted molar refractivity (Wildman–Crippen MR) is 59.6 cm³/mol. The van der Waals surface area contributed by atoms with Crippen LogP contribution in [-0.2, 0) is 4.79 Å². The van der Waals surface area contributed by atoms with Gasteiger partial charge >= 0.3 is 0 Å². The second kappa shape index (κ2) is 5.65. The molecule has 3 nitrogen and oxygen atoms in total. The topological polar surface area (TPSA) is 42.0 Å². The molecule has 0 saturated heterocycles. The van der Waals surface area contributed by atoms with Gasteiger partial charge in [0, 0.05) is 6.42 Å². The Labute approximate surface area is 88.3 Å². The highest BCUT2D eigenvalue weighted by Crippen LogP contribution is 2.13. The molecule has 1 rings (SSSR count). The van der Waals surface area contributed by atoms with Gasteiger partial charge in [0.05, 0.1) is 16.9 Å². The molecular weight excluding hydrogens is 196 g/mol. The molecule has 1 heterocycles. The van der Waals surface area contributed by atoms with E-state index in [1.807, 2.05) is 25.3 Å². The summed E-state index contributed by atoms with van der Waals surface area (Å²) in [6, 6.07) is 3.76. The molecule has 0 radical (unpaired) electrons. The lowest BCUT2D eigenvalue weighted by Crippen LogP contribution is -2.10. The van der Waals surface area contributed by atoms with Crippen molar-refractivity contribution in [3.05, 3.63) is 18.3 Å². The lowest BCUT2D eigenvalue weighted by Gasteiger charge is -2.03. The summed E-state index contributed by atoms with van der Waals surface area (Å²) in [5.41, 5.74) is 0.765. The van der Waals surface area contributed by atoms with E-state index in [1.165, 1.54) is 0 Å². The molecule has 1 N–H and O–H groups in total. The number of carbonyl (C=O) groups is 1. The lowest BCUT2D eigenvalue weighted by molar-refractivity contribution is -0.116. The number of nitrogens with one attached hydrogen (secondary N) is 1. The van der Waals surface area contributed by atoms with Crippen LogP contribution in [0.3, 0.4) is 0 Å². The van der Waals surface area contributed by atoms with Crippen LogP contribution in [0.15, 0.2) is 23.4 Å². The van der Waals surface area contributed by atoms with E-state index in [2.05, 4.69) is 10.3 Å². The number of aromatic nitrogens is 1. The van der Waals surface area contributed by atoms with Gasteiger partial charge in [-0.15, -0.1) is 11.8 Å². The van der Waals surface area contributed by atoms with Crippen LogP contribution in [0.5, 0.6) is 0 Å². The summed E-state index contributed by atoms with van der Waals surface area (Å²) in [5, 5.41) is 3.74. The first-order valence-corrected chi connectivity index (χ1v) is 5.78. The minimum atomic E-state index is 0.0474. The Morgan fingerprint density at radius 2 is 2.36 bits per heavy atom. The number of anilines is 1. The van der Waals surface area contributed by atoms with Gasteiger partial charge in [-0.2, -0.15) is 0 Å². The molecule has 0 saturated carbocycles. The van der Waals surface area contributed by atoms with E-state index >= 15 is 0 Å². The first-order valence-electron chi connectivity index (χ1n) is 4.56. The van der Waals surface area contributed by atoms with Crippen LogP contribution in [0.4, 0.5) is 5.69 Å². The summed E-state index contributed by atoms with van der Waals surface area (Å²) in [6.45, 7) is 1.98. The smallest absolute Gasteiger partial charge is 0.224 e. The fraction of sp³-hybridized carbons (Fsp3) is 0.400. The zero-order valence-corrected chi connectivity index (χ0v) is 9.23. The third kappa shape index (κ3) is 3.38. The third-order valence-electron chi connectivity index (χ3n) is 1.71. The summed E-state index contributed by atoms with van der Waals surface area (Å²) in [7, 11) is 0. The second-order valence-corrected chi connectivity index (χ2v) is 3.71. The number of hydrogen-bond acceptors (Lipinski definition) is 3. The quantitative estimate of drug-likeness (QED) is 0.776. The van der Waals surface area contributed by atoms with Crippen LogP contribution in [0, 0.1) is 0 Å². The van der Waals surface area contributed by atoms with Crippen molar-refractivity contribution in [1.29, 1.82) is 0 Å². The molecule has 1 aromatic heterocycles. The summed E-state index contributed by atoms with van der Waals surface area (Å²) < 4.78 is 0. The molecule has 0 spiro atoms. The largest absolute Gasteiger partial charge is 0.325 e. The Hall–Kier alpha value is -1.03. The average molecular weight is 210 g/mol. The molecule has 0 aliphatic carbocycles. The molecule has 0 bridgehead atoms. The second-order valence-electron chi connectivity index (χ2n) is 2.89. The van der Waals surface area contributed by atoms with Crippen molar-refractivity contribution in [1.82, 2.24) is 4.98 Å². The van der Waals surface area contributed by atoms with Crippen LogP contribution < -0.4 is 5.32 Å². The SMILES string of the molecule is CCCC(=O)Nc1ccc(SC)nc1. The van der Waals surface area contributed by atoms with Crippen molar-refractivity contribution in [2.24, 2.45) is 0 Å². The fourth-order valence-electron chi connectivity index (χ4n) is 1.03. The molecule has 1 amide bonds. The Morgan fingerprint density at radius 1 is 1.57 bits per heavy atom. The number of thioether (sulfide) groups is 1. The van der Waals surface area contributed by atoms with Gasteiger partial charge in [0.25, 0.3) is 0 Å². The zero-order valence-electron chi connectivity index (χ0n) is 8.41. The van der Waals surface area contributed by atoms with Crippen LogP contribution in [0.25, 0.3) is 0 Å². The number of hydrogen-bond donors (Lipinski definition) is 1. The van der Waals surface area contributed by atoms with Crippen LogP contribution in [-0.4, -0.2) is 17.1 Å². The Bertz CT molecular complexity index is 297. The Balaban J connectivity index is 2.55. The number of rotatable bonds is 4. The van der Waals surface area contributed by atoms with Gasteiger partial charge in [0.1, 0.15) is 0 Å². The predicted octanol–water partition coefficient (Wildman–Crippen LogP) is 2.54. The van der Waals surface area contributed by atoms with Crippen molar-refractivity contribution in [2.75, 3.05) is 11.6 Å². The van der Waals surface area contributed by atoms with E-state index in [0.29, 0.717) is 6.42 Å². The van der Waals surface area contributed by atoms with Gasteiger partial charge in [-0.25, -0.2) is 4.98 Å². The zero-order chi connectivity index (χ0) is 10.4. The van der Waals surface area contributed by atoms with Crippen molar-refractivity contribution >= 4 is 23.4 Å². The van der Waals surface area contributed by atoms with E-state index in [1.54, 1.807) is 18.0 Å². The van der Waals surface area contributed by atoms with Crippen molar-refractivity contribution < 1.29 is 4.79 Å². The number of carbonyl (C=O) groups excluding carboxylic acids is 1. The number of nitrogens with zero attached hydrogens (tertiary/aromatic N) is 1. The summed E-state index contributed by atoms with van der Waals surface area (Å²) in [5.74, 6) is 0.0474. The monoisotopic (exact) mass is 210 g/mol. The van der Waals surface area contributed by atoms with E-state index in [4.69, 9.17) is 0 Å². The standard InChI is InChI=1S/C10H14N2OS/c1-3-4-9(13)12-8-5-6-10(14-2)11-7-8/h5-7H,3-4H2,1-2H3,(H,12,13). The maximum Gasteiger partial charge on any atom is 0.224 e. The first kappa shape index (κ1) is 11.0. The molecule has 0 aliphatic heterocycles. The fourth-order valence-corrected chi connectivity index (χ4v) is 1.39. The van der Waals surface area contributed by atoms with Gasteiger partial charge in [0.2, 0.25) is 5.91 Å². The molecule has 0 aromatic carbocycles. The number of amides is 1. The molecule has 0 aliphatic rings. The van der Waals surface area contributed by atoms with Crippen LogP contribution in [0.2, 0.25) is 0 Å². The average Bonchev–Trinajstić information content (AvgIpc) is 2.19.